The Hall–Kier alpha value is -1.96. The molecule has 0 bridgehead atoms. The number of nitrogens with zero attached hydrogens (tertiary/aromatic N) is 1. The number of aromatic nitrogens is 1. The SMILES string of the molecule is Cc1ccc(NC(=O)CCNS(=O)(=O)c2cccc(Cl)c2)nc1. The molecule has 0 aliphatic heterocycles. The van der Waals surface area contributed by atoms with Crippen molar-refractivity contribution < 1.29 is 13.2 Å². The number of benzene rings is 1. The highest BCUT2D eigenvalue weighted by Gasteiger charge is 2.14. The van der Waals surface area contributed by atoms with Crippen molar-refractivity contribution in [2.24, 2.45) is 0 Å². The van der Waals surface area contributed by atoms with Crippen LogP contribution >= 0.6 is 11.6 Å². The lowest BCUT2D eigenvalue weighted by Gasteiger charge is -2.07. The number of hydrogen-bond acceptors (Lipinski definition) is 4. The Morgan fingerprint density at radius 1 is 1.26 bits per heavy atom. The van der Waals surface area contributed by atoms with Crippen LogP contribution < -0.4 is 10.0 Å². The first-order chi connectivity index (χ1) is 10.9. The topological polar surface area (TPSA) is 88.2 Å². The van der Waals surface area contributed by atoms with E-state index in [1.807, 2.05) is 13.0 Å². The van der Waals surface area contributed by atoms with Crippen molar-refractivity contribution in [3.05, 3.63) is 53.2 Å². The van der Waals surface area contributed by atoms with Crippen LogP contribution in [0.25, 0.3) is 0 Å². The summed E-state index contributed by atoms with van der Waals surface area (Å²) in [5.74, 6) is 0.105. The summed E-state index contributed by atoms with van der Waals surface area (Å²) in [5.41, 5.74) is 0.984. The number of carbonyl (C=O) groups excluding carboxylic acids is 1. The summed E-state index contributed by atoms with van der Waals surface area (Å²) >= 11 is 5.77. The third-order valence-corrected chi connectivity index (χ3v) is 4.62. The minimum atomic E-state index is -3.69. The second kappa shape index (κ2) is 7.54. The highest BCUT2D eigenvalue weighted by molar-refractivity contribution is 7.89. The van der Waals surface area contributed by atoms with Crippen molar-refractivity contribution in [2.75, 3.05) is 11.9 Å². The maximum Gasteiger partial charge on any atom is 0.240 e. The fourth-order valence-electron chi connectivity index (χ4n) is 1.76. The van der Waals surface area contributed by atoms with Gasteiger partial charge in [0.2, 0.25) is 15.9 Å². The van der Waals surface area contributed by atoms with Crippen LogP contribution in [0.4, 0.5) is 5.82 Å². The molecule has 0 unspecified atom stereocenters. The number of carbonyl (C=O) groups is 1. The van der Waals surface area contributed by atoms with Gasteiger partial charge in [0.1, 0.15) is 5.82 Å². The summed E-state index contributed by atoms with van der Waals surface area (Å²) in [6, 6.07) is 9.42. The van der Waals surface area contributed by atoms with E-state index in [2.05, 4.69) is 15.0 Å². The fraction of sp³-hybridized carbons (Fsp3) is 0.200. The normalized spacial score (nSPS) is 11.2. The molecule has 2 rings (SSSR count). The molecule has 23 heavy (non-hydrogen) atoms. The van der Waals surface area contributed by atoms with E-state index in [0.29, 0.717) is 10.8 Å². The van der Waals surface area contributed by atoms with Gasteiger partial charge in [-0.05, 0) is 36.8 Å². The Balaban J connectivity index is 1.86. The Morgan fingerprint density at radius 3 is 2.70 bits per heavy atom. The van der Waals surface area contributed by atoms with E-state index < -0.39 is 10.0 Å². The molecule has 0 radical (unpaired) electrons. The van der Waals surface area contributed by atoms with Gasteiger partial charge in [-0.2, -0.15) is 0 Å². The third kappa shape index (κ3) is 5.31. The molecule has 8 heteroatoms. The summed E-state index contributed by atoms with van der Waals surface area (Å²) in [6.07, 6.45) is 1.63. The number of sulfonamides is 1. The second-order valence-electron chi connectivity index (χ2n) is 4.87. The molecule has 1 aromatic carbocycles. The van der Waals surface area contributed by atoms with Crippen LogP contribution in [0.1, 0.15) is 12.0 Å². The fourth-order valence-corrected chi connectivity index (χ4v) is 3.10. The van der Waals surface area contributed by atoms with Crippen molar-refractivity contribution in [2.45, 2.75) is 18.2 Å². The third-order valence-electron chi connectivity index (χ3n) is 2.93. The number of amides is 1. The van der Waals surface area contributed by atoms with E-state index >= 15 is 0 Å². The van der Waals surface area contributed by atoms with E-state index in [9.17, 15) is 13.2 Å². The van der Waals surface area contributed by atoms with Gasteiger partial charge < -0.3 is 5.32 Å². The molecular weight excluding hydrogens is 338 g/mol. The van der Waals surface area contributed by atoms with Gasteiger partial charge in [-0.1, -0.05) is 23.7 Å². The molecule has 0 atom stereocenters. The predicted octanol–water partition coefficient (Wildman–Crippen LogP) is 2.35. The maximum absolute atomic E-state index is 12.0. The van der Waals surface area contributed by atoms with Gasteiger partial charge in [0, 0.05) is 24.2 Å². The largest absolute Gasteiger partial charge is 0.311 e. The summed E-state index contributed by atoms with van der Waals surface area (Å²) in [4.78, 5) is 15.9. The molecule has 1 aromatic heterocycles. The summed E-state index contributed by atoms with van der Waals surface area (Å²) < 4.78 is 26.5. The summed E-state index contributed by atoms with van der Waals surface area (Å²) in [5, 5.41) is 2.93. The average molecular weight is 354 g/mol. The Labute approximate surface area is 139 Å². The van der Waals surface area contributed by atoms with E-state index in [1.54, 1.807) is 24.4 Å². The van der Waals surface area contributed by atoms with E-state index in [-0.39, 0.29) is 23.8 Å². The van der Waals surface area contributed by atoms with Crippen LogP contribution in [0.15, 0.2) is 47.5 Å². The zero-order valence-electron chi connectivity index (χ0n) is 12.4. The number of hydrogen-bond donors (Lipinski definition) is 2. The van der Waals surface area contributed by atoms with Crippen LogP contribution in [0, 0.1) is 6.92 Å². The molecule has 2 N–H and O–H groups in total. The molecule has 0 spiro atoms. The van der Waals surface area contributed by atoms with Gasteiger partial charge in [-0.15, -0.1) is 0 Å². The number of aryl methyl sites for hydroxylation is 1. The van der Waals surface area contributed by atoms with Crippen LogP contribution in [-0.2, 0) is 14.8 Å². The molecule has 0 fully saturated rings. The molecule has 0 saturated carbocycles. The second-order valence-corrected chi connectivity index (χ2v) is 7.08. The lowest BCUT2D eigenvalue weighted by atomic mass is 10.3. The molecule has 0 aliphatic rings. The molecule has 6 nitrogen and oxygen atoms in total. The van der Waals surface area contributed by atoms with Crippen molar-refractivity contribution in [1.82, 2.24) is 9.71 Å². The van der Waals surface area contributed by atoms with Crippen LogP contribution in [0.5, 0.6) is 0 Å². The van der Waals surface area contributed by atoms with E-state index in [1.165, 1.54) is 12.1 Å². The summed E-state index contributed by atoms with van der Waals surface area (Å²) in [7, 11) is -3.69. The first-order valence-corrected chi connectivity index (χ1v) is 8.71. The average Bonchev–Trinajstić information content (AvgIpc) is 2.49. The first kappa shape index (κ1) is 17.4. The van der Waals surface area contributed by atoms with Gasteiger partial charge in [0.05, 0.1) is 4.90 Å². The maximum atomic E-state index is 12.0. The summed E-state index contributed by atoms with van der Waals surface area (Å²) in [6.45, 7) is 1.87. The lowest BCUT2D eigenvalue weighted by Crippen LogP contribution is -2.28. The molecular formula is C15H16ClN3O3S. The molecule has 2 aromatic rings. The highest BCUT2D eigenvalue weighted by Crippen LogP contribution is 2.15. The van der Waals surface area contributed by atoms with Crippen molar-refractivity contribution in [3.8, 4) is 0 Å². The number of anilines is 1. The zero-order chi connectivity index (χ0) is 16.9. The minimum Gasteiger partial charge on any atom is -0.311 e. The van der Waals surface area contributed by atoms with Crippen molar-refractivity contribution in [3.63, 3.8) is 0 Å². The van der Waals surface area contributed by atoms with Crippen molar-refractivity contribution in [1.29, 1.82) is 0 Å². The van der Waals surface area contributed by atoms with Gasteiger partial charge in [0.15, 0.2) is 0 Å². The number of halogens is 1. The molecule has 0 saturated heterocycles. The molecule has 0 aliphatic carbocycles. The van der Waals surface area contributed by atoms with Crippen molar-refractivity contribution >= 4 is 33.3 Å². The lowest BCUT2D eigenvalue weighted by molar-refractivity contribution is -0.116. The van der Waals surface area contributed by atoms with Gasteiger partial charge in [-0.25, -0.2) is 18.1 Å². The van der Waals surface area contributed by atoms with E-state index in [4.69, 9.17) is 11.6 Å². The molecule has 1 heterocycles. The smallest absolute Gasteiger partial charge is 0.240 e. The number of pyridine rings is 1. The first-order valence-electron chi connectivity index (χ1n) is 6.84. The quantitative estimate of drug-likeness (QED) is 0.834. The Morgan fingerprint density at radius 2 is 2.04 bits per heavy atom. The van der Waals surface area contributed by atoms with E-state index in [0.717, 1.165) is 5.56 Å². The van der Waals surface area contributed by atoms with Gasteiger partial charge in [0.25, 0.3) is 0 Å². The number of rotatable bonds is 6. The van der Waals surface area contributed by atoms with Crippen LogP contribution in [0.3, 0.4) is 0 Å². The van der Waals surface area contributed by atoms with Gasteiger partial charge in [-0.3, -0.25) is 4.79 Å². The standard InChI is InChI=1S/C15H16ClN3O3S/c1-11-5-6-14(17-10-11)19-15(20)7-8-18-23(21,22)13-4-2-3-12(16)9-13/h2-6,9-10,18H,7-8H2,1H3,(H,17,19,20). The Kier molecular flexibility index (Phi) is 5.70. The van der Waals surface area contributed by atoms with Crippen LogP contribution in [-0.4, -0.2) is 25.9 Å². The number of nitrogens with one attached hydrogen (secondary N) is 2. The zero-order valence-corrected chi connectivity index (χ0v) is 14.0. The monoisotopic (exact) mass is 353 g/mol. The molecule has 122 valence electrons. The van der Waals surface area contributed by atoms with Crippen LogP contribution in [0.2, 0.25) is 5.02 Å². The molecule has 1 amide bonds. The minimum absolute atomic E-state index is 0.00461. The Bertz CT molecular complexity index is 792. The van der Waals surface area contributed by atoms with Gasteiger partial charge >= 0.3 is 0 Å². The predicted molar refractivity (Wildman–Crippen MR) is 88.9 cm³/mol. The highest BCUT2D eigenvalue weighted by atomic mass is 35.5.